The second kappa shape index (κ2) is 7.54. The second-order valence-corrected chi connectivity index (χ2v) is 7.56. The van der Waals surface area contributed by atoms with Crippen LogP contribution in [-0.2, 0) is 14.9 Å². The Balaban J connectivity index is 1.79. The number of ether oxygens (including phenoxy) is 3. The number of anilines is 1. The smallest absolute Gasteiger partial charge is 0.119 e. The van der Waals surface area contributed by atoms with Crippen LogP contribution in [0, 0.1) is 0 Å². The lowest BCUT2D eigenvalue weighted by atomic mass is 9.65. The van der Waals surface area contributed by atoms with Gasteiger partial charge in [-0.25, -0.2) is 0 Å². The lowest BCUT2D eigenvalue weighted by molar-refractivity contribution is -0.0981. The number of fused-ring (bicyclic) bond motifs is 1. The molecular weight excluding hydrogens is 362 g/mol. The minimum atomic E-state index is -0.419. The molecule has 0 aromatic heterocycles. The van der Waals surface area contributed by atoms with E-state index in [1.54, 1.807) is 7.11 Å². The predicted molar refractivity (Wildman–Crippen MR) is 114 cm³/mol. The summed E-state index contributed by atoms with van der Waals surface area (Å²) in [5, 5.41) is 3.78. The molecule has 3 aromatic rings. The molecule has 3 atom stereocenters. The Labute approximate surface area is 171 Å². The zero-order chi connectivity index (χ0) is 19.7. The molecule has 3 unspecified atom stereocenters. The molecule has 29 heavy (non-hydrogen) atoms. The van der Waals surface area contributed by atoms with E-state index >= 15 is 0 Å². The van der Waals surface area contributed by atoms with Crippen molar-refractivity contribution in [1.29, 1.82) is 0 Å². The number of methoxy groups -OCH3 is 1. The molecule has 0 bridgehead atoms. The standard InChI is InChI=1S/C25H25NO3/c1-27-20-11-7-10-19(16-20)25(18-8-3-2-4-9-18)21-12-5-6-13-22(21)26-24(25)23-17-28-14-15-29-23/h2-13,16,23-24,26H,14-15,17H2,1H3. The summed E-state index contributed by atoms with van der Waals surface area (Å²) >= 11 is 0. The molecule has 4 heteroatoms. The summed E-state index contributed by atoms with van der Waals surface area (Å²) in [5.41, 5.74) is 4.37. The Bertz CT molecular complexity index is 984. The molecule has 1 saturated heterocycles. The van der Waals surface area contributed by atoms with Gasteiger partial charge in [-0.15, -0.1) is 0 Å². The topological polar surface area (TPSA) is 39.7 Å². The van der Waals surface area contributed by atoms with Crippen LogP contribution in [0.4, 0.5) is 5.69 Å². The molecule has 2 aliphatic rings. The monoisotopic (exact) mass is 387 g/mol. The molecule has 5 rings (SSSR count). The lowest BCUT2D eigenvalue weighted by Crippen LogP contribution is -2.52. The zero-order valence-electron chi connectivity index (χ0n) is 16.5. The van der Waals surface area contributed by atoms with Gasteiger partial charge in [0.25, 0.3) is 0 Å². The number of hydrogen-bond acceptors (Lipinski definition) is 4. The second-order valence-electron chi connectivity index (χ2n) is 7.56. The number of para-hydroxylation sites is 1. The van der Waals surface area contributed by atoms with Crippen molar-refractivity contribution in [2.75, 3.05) is 32.2 Å². The van der Waals surface area contributed by atoms with E-state index in [2.05, 4.69) is 78.1 Å². The van der Waals surface area contributed by atoms with Gasteiger partial charge in [-0.05, 0) is 34.9 Å². The highest BCUT2D eigenvalue weighted by Gasteiger charge is 2.53. The third-order valence-corrected chi connectivity index (χ3v) is 6.10. The minimum absolute atomic E-state index is 0.00490. The Morgan fingerprint density at radius 3 is 2.48 bits per heavy atom. The zero-order valence-corrected chi connectivity index (χ0v) is 16.5. The van der Waals surface area contributed by atoms with Crippen LogP contribution in [0.1, 0.15) is 16.7 Å². The Morgan fingerprint density at radius 2 is 1.69 bits per heavy atom. The Kier molecular flexibility index (Phi) is 4.74. The SMILES string of the molecule is COc1cccc(C2(c3ccccc3)c3ccccc3NC2C2COCCO2)c1. The largest absolute Gasteiger partial charge is 0.497 e. The molecule has 1 fully saturated rings. The van der Waals surface area contributed by atoms with Gasteiger partial charge in [-0.3, -0.25) is 0 Å². The minimum Gasteiger partial charge on any atom is -0.497 e. The summed E-state index contributed by atoms with van der Waals surface area (Å²) in [6.45, 7) is 1.83. The van der Waals surface area contributed by atoms with Crippen molar-refractivity contribution in [3.05, 3.63) is 95.6 Å². The van der Waals surface area contributed by atoms with E-state index in [1.165, 1.54) is 16.7 Å². The van der Waals surface area contributed by atoms with E-state index < -0.39 is 5.41 Å². The van der Waals surface area contributed by atoms with Gasteiger partial charge in [0.15, 0.2) is 0 Å². The highest BCUT2D eigenvalue weighted by molar-refractivity contribution is 5.71. The summed E-state index contributed by atoms with van der Waals surface area (Å²) < 4.78 is 17.6. The quantitative estimate of drug-likeness (QED) is 0.727. The molecule has 148 valence electrons. The van der Waals surface area contributed by atoms with Crippen LogP contribution in [0.5, 0.6) is 5.75 Å². The maximum Gasteiger partial charge on any atom is 0.119 e. The predicted octanol–water partition coefficient (Wildman–Crippen LogP) is 4.24. The molecule has 0 aliphatic carbocycles. The third-order valence-electron chi connectivity index (χ3n) is 6.10. The molecule has 2 heterocycles. The highest BCUT2D eigenvalue weighted by Crippen LogP contribution is 2.52. The first-order valence-corrected chi connectivity index (χ1v) is 10.1. The van der Waals surface area contributed by atoms with E-state index in [9.17, 15) is 0 Å². The van der Waals surface area contributed by atoms with Crippen LogP contribution in [0.2, 0.25) is 0 Å². The Hall–Kier alpha value is -2.82. The number of hydrogen-bond donors (Lipinski definition) is 1. The van der Waals surface area contributed by atoms with E-state index in [0.717, 1.165) is 11.4 Å². The normalized spacial score (nSPS) is 25.8. The third kappa shape index (κ3) is 2.91. The van der Waals surface area contributed by atoms with Gasteiger partial charge in [0.1, 0.15) is 11.9 Å². The van der Waals surface area contributed by atoms with Gasteiger partial charge in [0.2, 0.25) is 0 Å². The molecule has 4 nitrogen and oxygen atoms in total. The van der Waals surface area contributed by atoms with Gasteiger partial charge in [0, 0.05) is 5.69 Å². The fourth-order valence-corrected chi connectivity index (χ4v) is 4.87. The van der Waals surface area contributed by atoms with Crippen LogP contribution >= 0.6 is 0 Å². The Morgan fingerprint density at radius 1 is 0.897 bits per heavy atom. The molecule has 0 saturated carbocycles. The van der Waals surface area contributed by atoms with Crippen LogP contribution < -0.4 is 10.1 Å². The first-order valence-electron chi connectivity index (χ1n) is 10.1. The van der Waals surface area contributed by atoms with E-state index in [0.29, 0.717) is 19.8 Å². The summed E-state index contributed by atoms with van der Waals surface area (Å²) in [4.78, 5) is 0. The molecule has 3 aromatic carbocycles. The molecule has 1 N–H and O–H groups in total. The molecule has 0 amide bonds. The number of rotatable bonds is 4. The maximum absolute atomic E-state index is 6.23. The summed E-state index contributed by atoms with van der Waals surface area (Å²) in [5.74, 6) is 0.849. The average molecular weight is 387 g/mol. The van der Waals surface area contributed by atoms with E-state index in [4.69, 9.17) is 14.2 Å². The van der Waals surface area contributed by atoms with Crippen molar-refractivity contribution in [2.24, 2.45) is 0 Å². The van der Waals surface area contributed by atoms with E-state index in [1.807, 2.05) is 6.07 Å². The van der Waals surface area contributed by atoms with Gasteiger partial charge >= 0.3 is 0 Å². The van der Waals surface area contributed by atoms with E-state index in [-0.39, 0.29) is 12.1 Å². The maximum atomic E-state index is 6.23. The van der Waals surface area contributed by atoms with Gasteiger partial charge < -0.3 is 19.5 Å². The number of nitrogens with one attached hydrogen (secondary N) is 1. The van der Waals surface area contributed by atoms with Crippen molar-refractivity contribution in [1.82, 2.24) is 0 Å². The van der Waals surface area contributed by atoms with Crippen molar-refractivity contribution in [2.45, 2.75) is 17.6 Å². The van der Waals surface area contributed by atoms with Crippen LogP contribution in [-0.4, -0.2) is 39.1 Å². The van der Waals surface area contributed by atoms with Crippen LogP contribution in [0.3, 0.4) is 0 Å². The number of benzene rings is 3. The molecular formula is C25H25NO3. The van der Waals surface area contributed by atoms with Crippen molar-refractivity contribution < 1.29 is 14.2 Å². The first-order chi connectivity index (χ1) is 14.3. The molecule has 0 spiro atoms. The van der Waals surface area contributed by atoms with Crippen molar-refractivity contribution in [3.63, 3.8) is 0 Å². The fraction of sp³-hybridized carbons (Fsp3) is 0.280. The van der Waals surface area contributed by atoms with Crippen molar-refractivity contribution >= 4 is 5.69 Å². The van der Waals surface area contributed by atoms with Gasteiger partial charge in [-0.1, -0.05) is 60.7 Å². The summed E-state index contributed by atoms with van der Waals surface area (Å²) in [6, 6.07) is 27.6. The van der Waals surface area contributed by atoms with Crippen LogP contribution in [0.15, 0.2) is 78.9 Å². The van der Waals surface area contributed by atoms with Crippen LogP contribution in [0.25, 0.3) is 0 Å². The summed E-state index contributed by atoms with van der Waals surface area (Å²) in [7, 11) is 1.71. The van der Waals surface area contributed by atoms with Gasteiger partial charge in [0.05, 0.1) is 38.4 Å². The highest BCUT2D eigenvalue weighted by atomic mass is 16.6. The van der Waals surface area contributed by atoms with Crippen molar-refractivity contribution in [3.8, 4) is 5.75 Å². The lowest BCUT2D eigenvalue weighted by Gasteiger charge is -2.42. The molecule has 0 radical (unpaired) electrons. The fourth-order valence-electron chi connectivity index (χ4n) is 4.87. The summed E-state index contributed by atoms with van der Waals surface area (Å²) in [6.07, 6.45) is -0.0671. The first kappa shape index (κ1) is 18.2. The molecule has 2 aliphatic heterocycles. The van der Waals surface area contributed by atoms with Gasteiger partial charge in [-0.2, -0.15) is 0 Å². The average Bonchev–Trinajstić information content (AvgIpc) is 3.16.